The van der Waals surface area contributed by atoms with Gasteiger partial charge in [0, 0.05) is 81.3 Å². The van der Waals surface area contributed by atoms with Gasteiger partial charge in [-0.25, -0.2) is 4.72 Å². The van der Waals surface area contributed by atoms with Gasteiger partial charge in [0.2, 0.25) is 5.91 Å². The molecule has 0 spiro atoms. The molecule has 4 aromatic rings. The number of fused-ring (bicyclic) bond motifs is 9. The Kier molecular flexibility index (Phi) is 9.11. The topological polar surface area (TPSA) is 107 Å². The zero-order chi connectivity index (χ0) is 38.2. The number of hydrogen-bond donors (Lipinski definition) is 1. The number of piperazine rings is 2. The van der Waals surface area contributed by atoms with Crippen molar-refractivity contribution in [1.29, 1.82) is 0 Å². The van der Waals surface area contributed by atoms with Gasteiger partial charge in [-0.3, -0.25) is 14.5 Å². The predicted octanol–water partition coefficient (Wildman–Crippen LogP) is 5.42. The van der Waals surface area contributed by atoms with Gasteiger partial charge in [-0.05, 0) is 79.3 Å². The first-order valence-electron chi connectivity index (χ1n) is 19.8. The molecule has 4 heterocycles. The van der Waals surface area contributed by atoms with Crippen molar-refractivity contribution in [2.75, 3.05) is 54.4 Å². The summed E-state index contributed by atoms with van der Waals surface area (Å²) in [4.78, 5) is 36.3. The van der Waals surface area contributed by atoms with Gasteiger partial charge in [-0.15, -0.1) is 0 Å². The number of nitrogens with one attached hydrogen (secondary N) is 1. The summed E-state index contributed by atoms with van der Waals surface area (Å²) < 4.78 is 36.8. The smallest absolute Gasteiger partial charge is 0.303 e. The van der Waals surface area contributed by atoms with Crippen molar-refractivity contribution in [3.8, 4) is 17.0 Å². The molecule has 290 valence electrons. The lowest BCUT2D eigenvalue weighted by Gasteiger charge is -2.53. The van der Waals surface area contributed by atoms with Gasteiger partial charge >= 0.3 is 10.2 Å². The fraction of sp³-hybridized carbons (Fsp3) is 0.488. The monoisotopic (exact) mass is 764 g/mol. The van der Waals surface area contributed by atoms with Crippen LogP contribution in [0.3, 0.4) is 0 Å². The molecule has 0 radical (unpaired) electrons. The predicted molar refractivity (Wildman–Crippen MR) is 213 cm³/mol. The van der Waals surface area contributed by atoms with E-state index in [2.05, 4.69) is 73.5 Å². The second-order valence-electron chi connectivity index (χ2n) is 16.9. The molecule has 2 bridgehead atoms. The SMILES string of the molecule is COc1ccc2c(c1)C1CC1(C(=O)N1C3CN(C)CC1CN(Cc1ccccc1)C3)Cn1c-2c(C2CCCCC2)c2ccc(C(=O)NS(=O)(=O)N(C)C)cc21. The number of benzene rings is 3. The minimum atomic E-state index is -3.99. The average Bonchev–Trinajstić information content (AvgIpc) is 3.84. The van der Waals surface area contributed by atoms with Crippen molar-refractivity contribution < 1.29 is 22.7 Å². The Morgan fingerprint density at radius 1 is 0.927 bits per heavy atom. The number of ether oxygens (including phenoxy) is 1. The van der Waals surface area contributed by atoms with Crippen LogP contribution in [0.5, 0.6) is 5.75 Å². The standard InChI is InChI=1S/C43H52N6O5S/c1-45(2)55(52,53)44-41(50)30-15-17-35-38(19-30)48-27-43(42(51)49-31-23-46(3)24-32(49)26-47(25-31)22-28-11-7-5-8-12-28)21-37(43)36-20-33(54-4)16-18-34(36)40(48)39(35)29-13-9-6-10-14-29/h5,7-8,11-12,15-20,29,31-32,37H,6,9-10,13-14,21-27H2,1-4H3,(H,44,50). The third-order valence-corrected chi connectivity index (χ3v) is 14.6. The van der Waals surface area contributed by atoms with E-state index < -0.39 is 21.5 Å². The van der Waals surface area contributed by atoms with Crippen LogP contribution in [0.15, 0.2) is 66.7 Å². The van der Waals surface area contributed by atoms with E-state index in [-0.39, 0.29) is 29.5 Å². The summed E-state index contributed by atoms with van der Waals surface area (Å²) in [7, 11) is 2.67. The highest BCUT2D eigenvalue weighted by molar-refractivity contribution is 7.87. The highest BCUT2D eigenvalue weighted by Crippen LogP contribution is 2.66. The summed E-state index contributed by atoms with van der Waals surface area (Å²) in [5.74, 6) is 0.699. The van der Waals surface area contributed by atoms with Crippen LogP contribution in [-0.2, 0) is 28.1 Å². The molecule has 4 unspecified atom stereocenters. The molecule has 4 atom stereocenters. The molecule has 4 fully saturated rings. The Balaban J connectivity index is 1.16. The van der Waals surface area contributed by atoms with Crippen LogP contribution in [0.25, 0.3) is 22.2 Å². The van der Waals surface area contributed by atoms with Crippen LogP contribution in [0.4, 0.5) is 0 Å². The summed E-state index contributed by atoms with van der Waals surface area (Å²) in [5, 5.41) is 1.07. The van der Waals surface area contributed by atoms with Crippen molar-refractivity contribution in [2.45, 2.75) is 75.5 Å². The summed E-state index contributed by atoms with van der Waals surface area (Å²) >= 11 is 0. The number of rotatable bonds is 8. The first-order valence-corrected chi connectivity index (χ1v) is 21.3. The Morgan fingerprint density at radius 2 is 1.65 bits per heavy atom. The lowest BCUT2D eigenvalue weighted by atomic mass is 9.81. The van der Waals surface area contributed by atoms with Crippen LogP contribution < -0.4 is 9.46 Å². The van der Waals surface area contributed by atoms with E-state index in [1.54, 1.807) is 13.2 Å². The van der Waals surface area contributed by atoms with E-state index >= 15 is 4.79 Å². The highest BCUT2D eigenvalue weighted by atomic mass is 32.2. The number of aromatic nitrogens is 1. The quantitative estimate of drug-likeness (QED) is 0.256. The van der Waals surface area contributed by atoms with E-state index in [9.17, 15) is 13.2 Å². The maximum Gasteiger partial charge on any atom is 0.303 e. The molecule has 2 aliphatic carbocycles. The van der Waals surface area contributed by atoms with Crippen LogP contribution in [0.1, 0.15) is 77.4 Å². The molecule has 2 saturated heterocycles. The number of amides is 2. The lowest BCUT2D eigenvalue weighted by Crippen LogP contribution is -2.70. The number of methoxy groups -OCH3 is 1. The van der Waals surface area contributed by atoms with Crippen LogP contribution in [-0.4, -0.2) is 110 Å². The number of carbonyl (C=O) groups is 2. The molecule has 9 rings (SSSR count). The fourth-order valence-corrected chi connectivity index (χ4v) is 11.0. The molecular formula is C43H52N6O5S. The Bertz CT molecular complexity index is 2250. The molecule has 5 aliphatic rings. The summed E-state index contributed by atoms with van der Waals surface area (Å²) in [6.07, 6.45) is 6.45. The third kappa shape index (κ3) is 6.25. The van der Waals surface area contributed by atoms with E-state index in [0.717, 1.165) is 103 Å². The number of nitrogens with zero attached hydrogens (tertiary/aromatic N) is 5. The van der Waals surface area contributed by atoms with Crippen LogP contribution >= 0.6 is 0 Å². The van der Waals surface area contributed by atoms with E-state index in [1.807, 2.05) is 18.2 Å². The molecule has 11 nitrogen and oxygen atoms in total. The van der Waals surface area contributed by atoms with Gasteiger partial charge in [-0.2, -0.15) is 12.7 Å². The number of carbonyl (C=O) groups excluding carboxylic acids is 2. The summed E-state index contributed by atoms with van der Waals surface area (Å²) in [5.41, 5.74) is 6.47. The van der Waals surface area contributed by atoms with E-state index in [0.29, 0.717) is 12.5 Å². The first-order chi connectivity index (χ1) is 26.5. The van der Waals surface area contributed by atoms with Gasteiger partial charge < -0.3 is 19.1 Å². The van der Waals surface area contributed by atoms with Crippen molar-refractivity contribution in [1.82, 2.24) is 28.3 Å². The van der Waals surface area contributed by atoms with Crippen LogP contribution in [0, 0.1) is 5.41 Å². The van der Waals surface area contributed by atoms with E-state index in [1.165, 1.54) is 31.6 Å². The zero-order valence-corrected chi connectivity index (χ0v) is 33.1. The lowest BCUT2D eigenvalue weighted by molar-refractivity contribution is -0.152. The number of likely N-dealkylation sites (N-methyl/N-ethyl adjacent to an activating group) is 1. The second kappa shape index (κ2) is 13.8. The van der Waals surface area contributed by atoms with Crippen molar-refractivity contribution in [3.63, 3.8) is 0 Å². The van der Waals surface area contributed by atoms with Crippen molar-refractivity contribution >= 4 is 32.9 Å². The summed E-state index contributed by atoms with van der Waals surface area (Å²) in [6, 6.07) is 22.7. The van der Waals surface area contributed by atoms with Gasteiger partial charge in [-0.1, -0.05) is 55.7 Å². The van der Waals surface area contributed by atoms with Gasteiger partial charge in [0.15, 0.2) is 0 Å². The normalized spacial score (nSPS) is 25.5. The zero-order valence-electron chi connectivity index (χ0n) is 32.3. The Morgan fingerprint density at radius 3 is 2.35 bits per heavy atom. The van der Waals surface area contributed by atoms with Crippen molar-refractivity contribution in [3.05, 3.63) is 89.0 Å². The van der Waals surface area contributed by atoms with Crippen molar-refractivity contribution in [2.24, 2.45) is 5.41 Å². The molecular weight excluding hydrogens is 713 g/mol. The Labute approximate surface area is 324 Å². The molecule has 2 saturated carbocycles. The molecule has 3 aromatic carbocycles. The molecule has 55 heavy (non-hydrogen) atoms. The Hall–Kier alpha value is -4.23. The summed E-state index contributed by atoms with van der Waals surface area (Å²) in [6.45, 7) is 4.67. The molecule has 1 aromatic heterocycles. The van der Waals surface area contributed by atoms with Gasteiger partial charge in [0.25, 0.3) is 5.91 Å². The molecule has 2 amide bonds. The maximum absolute atomic E-state index is 15.6. The second-order valence-corrected chi connectivity index (χ2v) is 18.8. The highest BCUT2D eigenvalue weighted by Gasteiger charge is 2.65. The first kappa shape index (κ1) is 36.4. The van der Waals surface area contributed by atoms with Gasteiger partial charge in [0.1, 0.15) is 5.75 Å². The fourth-order valence-electron chi connectivity index (χ4n) is 10.5. The largest absolute Gasteiger partial charge is 0.497 e. The van der Waals surface area contributed by atoms with Gasteiger partial charge in [0.05, 0.1) is 30.3 Å². The minimum Gasteiger partial charge on any atom is -0.497 e. The maximum atomic E-state index is 15.6. The van der Waals surface area contributed by atoms with E-state index in [4.69, 9.17) is 4.74 Å². The van der Waals surface area contributed by atoms with Crippen LogP contribution in [0.2, 0.25) is 0 Å². The minimum absolute atomic E-state index is 0.0248. The molecule has 12 heteroatoms. The third-order valence-electron chi connectivity index (χ3n) is 13.2. The molecule has 3 aliphatic heterocycles. The average molecular weight is 765 g/mol. The number of hydrogen-bond acceptors (Lipinski definition) is 7. The molecule has 1 N–H and O–H groups in total.